The molecule has 1 aromatic carbocycles. The second kappa shape index (κ2) is 4.61. The van der Waals surface area contributed by atoms with Gasteiger partial charge in [-0.05, 0) is 23.6 Å². The van der Waals surface area contributed by atoms with E-state index in [0.717, 1.165) is 16.7 Å². The molecule has 0 aliphatic heterocycles. The smallest absolute Gasteiger partial charge is 0.254 e. The third-order valence-electron chi connectivity index (χ3n) is 3.09. The molecule has 96 valence electrons. The van der Waals surface area contributed by atoms with Crippen LogP contribution in [0.2, 0.25) is 0 Å². The summed E-state index contributed by atoms with van der Waals surface area (Å²) < 4.78 is 0. The molecule has 0 spiro atoms. The number of aromatic amines is 2. The molecule has 0 saturated heterocycles. The number of nitrogens with one attached hydrogen (secondary N) is 2. The molecule has 0 unspecified atom stereocenters. The first kappa shape index (κ1) is 11.5. The van der Waals surface area contributed by atoms with Crippen molar-refractivity contribution in [3.05, 3.63) is 54.2 Å². The number of imidazole rings is 1. The van der Waals surface area contributed by atoms with Gasteiger partial charge in [0.25, 0.3) is 5.91 Å². The Balaban J connectivity index is 1.82. The number of carbonyl (C=O) groups is 1. The van der Waals surface area contributed by atoms with Crippen LogP contribution in [0.5, 0.6) is 0 Å². The molecule has 19 heavy (non-hydrogen) atoms. The van der Waals surface area contributed by atoms with E-state index in [1.54, 1.807) is 24.3 Å². The Morgan fingerprint density at radius 3 is 2.95 bits per heavy atom. The Morgan fingerprint density at radius 1 is 1.26 bits per heavy atom. The Kier molecular flexibility index (Phi) is 2.79. The number of fused-ring (bicyclic) bond motifs is 1. The molecule has 5 heteroatoms. The lowest BCUT2D eigenvalue weighted by atomic mass is 10.1. The zero-order valence-corrected chi connectivity index (χ0v) is 10.6. The van der Waals surface area contributed by atoms with Gasteiger partial charge in [0.05, 0.1) is 6.54 Å². The van der Waals surface area contributed by atoms with E-state index < -0.39 is 0 Å². The van der Waals surface area contributed by atoms with Crippen molar-refractivity contribution in [1.82, 2.24) is 19.9 Å². The average molecular weight is 254 g/mol. The van der Waals surface area contributed by atoms with Crippen molar-refractivity contribution in [3.63, 3.8) is 0 Å². The van der Waals surface area contributed by atoms with E-state index in [1.807, 2.05) is 30.5 Å². The van der Waals surface area contributed by atoms with Crippen LogP contribution in [-0.4, -0.2) is 32.8 Å². The van der Waals surface area contributed by atoms with Crippen LogP contribution in [0, 0.1) is 0 Å². The number of H-pyrrole nitrogens is 2. The molecule has 1 amide bonds. The van der Waals surface area contributed by atoms with E-state index in [-0.39, 0.29) is 5.91 Å². The van der Waals surface area contributed by atoms with Crippen molar-refractivity contribution in [3.8, 4) is 0 Å². The van der Waals surface area contributed by atoms with E-state index >= 15 is 0 Å². The Labute approximate surface area is 110 Å². The normalized spacial score (nSPS) is 10.8. The first-order valence-electron chi connectivity index (χ1n) is 6.05. The van der Waals surface area contributed by atoms with Crippen LogP contribution in [0.4, 0.5) is 0 Å². The number of benzene rings is 1. The molecular weight excluding hydrogens is 240 g/mol. The maximum atomic E-state index is 12.3. The fourth-order valence-corrected chi connectivity index (χ4v) is 2.08. The zero-order valence-electron chi connectivity index (χ0n) is 10.6. The van der Waals surface area contributed by atoms with E-state index in [9.17, 15) is 4.79 Å². The van der Waals surface area contributed by atoms with E-state index in [0.29, 0.717) is 12.1 Å². The van der Waals surface area contributed by atoms with E-state index in [1.165, 1.54) is 0 Å². The lowest BCUT2D eigenvalue weighted by molar-refractivity contribution is 0.0782. The second-order valence-electron chi connectivity index (χ2n) is 4.48. The topological polar surface area (TPSA) is 64.8 Å². The fourth-order valence-electron chi connectivity index (χ4n) is 2.08. The van der Waals surface area contributed by atoms with Crippen molar-refractivity contribution in [2.24, 2.45) is 0 Å². The summed E-state index contributed by atoms with van der Waals surface area (Å²) in [6.07, 6.45) is 5.29. The summed E-state index contributed by atoms with van der Waals surface area (Å²) in [7, 11) is 1.77. The molecule has 0 aliphatic carbocycles. The largest absolute Gasteiger partial charge is 0.361 e. The van der Waals surface area contributed by atoms with Gasteiger partial charge in [0.15, 0.2) is 0 Å². The van der Waals surface area contributed by atoms with Crippen LogP contribution in [-0.2, 0) is 6.54 Å². The van der Waals surface area contributed by atoms with Crippen LogP contribution < -0.4 is 0 Å². The summed E-state index contributed by atoms with van der Waals surface area (Å²) in [4.78, 5) is 24.2. The minimum Gasteiger partial charge on any atom is -0.361 e. The minimum atomic E-state index is -0.0205. The van der Waals surface area contributed by atoms with Crippen molar-refractivity contribution in [2.45, 2.75) is 6.54 Å². The first-order valence-corrected chi connectivity index (χ1v) is 6.05. The summed E-state index contributed by atoms with van der Waals surface area (Å²) in [5, 5.41) is 1.10. The molecule has 0 bridgehead atoms. The molecule has 2 aromatic heterocycles. The van der Waals surface area contributed by atoms with Crippen molar-refractivity contribution < 1.29 is 4.79 Å². The predicted molar refractivity (Wildman–Crippen MR) is 72.7 cm³/mol. The van der Waals surface area contributed by atoms with Gasteiger partial charge in [-0.1, -0.05) is 6.07 Å². The van der Waals surface area contributed by atoms with E-state index in [4.69, 9.17) is 0 Å². The third kappa shape index (κ3) is 2.22. The van der Waals surface area contributed by atoms with Gasteiger partial charge >= 0.3 is 0 Å². The quantitative estimate of drug-likeness (QED) is 0.752. The fraction of sp³-hybridized carbons (Fsp3) is 0.143. The Hall–Kier alpha value is -2.56. The Bertz CT molecular complexity index is 699. The summed E-state index contributed by atoms with van der Waals surface area (Å²) >= 11 is 0. The monoisotopic (exact) mass is 254 g/mol. The standard InChI is InChI=1S/C14H14N4O/c1-18(9-13-16-6-7-17-13)14(19)11-3-2-10-4-5-15-12(10)8-11/h2-8,15H,9H2,1H3,(H,16,17). The molecular formula is C14H14N4O. The van der Waals surface area contributed by atoms with Crippen LogP contribution in [0.1, 0.15) is 16.2 Å². The van der Waals surface area contributed by atoms with Crippen LogP contribution in [0.15, 0.2) is 42.9 Å². The van der Waals surface area contributed by atoms with Gasteiger partial charge in [-0.2, -0.15) is 0 Å². The SMILES string of the molecule is CN(Cc1ncc[nH]1)C(=O)c1ccc2cc[nH]c2c1. The third-order valence-corrected chi connectivity index (χ3v) is 3.09. The van der Waals surface area contributed by atoms with Gasteiger partial charge in [-0.25, -0.2) is 4.98 Å². The molecule has 2 N–H and O–H groups in total. The van der Waals surface area contributed by atoms with Gasteiger partial charge in [0, 0.05) is 36.7 Å². The van der Waals surface area contributed by atoms with Gasteiger partial charge in [-0.15, -0.1) is 0 Å². The van der Waals surface area contributed by atoms with Gasteiger partial charge < -0.3 is 14.9 Å². The molecule has 2 heterocycles. The van der Waals surface area contributed by atoms with Crippen molar-refractivity contribution in [2.75, 3.05) is 7.05 Å². The first-order chi connectivity index (χ1) is 9.24. The molecule has 0 aliphatic rings. The summed E-state index contributed by atoms with van der Waals surface area (Å²) in [6.45, 7) is 0.467. The summed E-state index contributed by atoms with van der Waals surface area (Å²) in [5.41, 5.74) is 1.64. The van der Waals surface area contributed by atoms with E-state index in [2.05, 4.69) is 15.0 Å². The molecule has 0 fully saturated rings. The summed E-state index contributed by atoms with van der Waals surface area (Å²) in [5.74, 6) is 0.754. The van der Waals surface area contributed by atoms with Crippen molar-refractivity contribution in [1.29, 1.82) is 0 Å². The van der Waals surface area contributed by atoms with Crippen LogP contribution in [0.25, 0.3) is 10.9 Å². The number of rotatable bonds is 3. The average Bonchev–Trinajstić information content (AvgIpc) is 3.07. The van der Waals surface area contributed by atoms with Crippen LogP contribution >= 0.6 is 0 Å². The zero-order chi connectivity index (χ0) is 13.2. The van der Waals surface area contributed by atoms with Crippen molar-refractivity contribution >= 4 is 16.8 Å². The number of carbonyl (C=O) groups excluding carboxylic acids is 1. The van der Waals surface area contributed by atoms with Crippen LogP contribution in [0.3, 0.4) is 0 Å². The highest BCUT2D eigenvalue weighted by molar-refractivity contribution is 5.97. The van der Waals surface area contributed by atoms with Gasteiger partial charge in [-0.3, -0.25) is 4.79 Å². The molecule has 0 atom stereocenters. The Morgan fingerprint density at radius 2 is 2.16 bits per heavy atom. The number of hydrogen-bond acceptors (Lipinski definition) is 2. The predicted octanol–water partition coefficient (Wildman–Crippen LogP) is 2.16. The number of nitrogens with zero attached hydrogens (tertiary/aromatic N) is 2. The number of hydrogen-bond donors (Lipinski definition) is 2. The maximum absolute atomic E-state index is 12.3. The second-order valence-corrected chi connectivity index (χ2v) is 4.48. The molecule has 0 saturated carbocycles. The maximum Gasteiger partial charge on any atom is 0.254 e. The highest BCUT2D eigenvalue weighted by atomic mass is 16.2. The molecule has 5 nitrogen and oxygen atoms in total. The molecule has 3 rings (SSSR count). The highest BCUT2D eigenvalue weighted by Crippen LogP contribution is 2.15. The summed E-state index contributed by atoms with van der Waals surface area (Å²) in [6, 6.07) is 7.64. The lowest BCUT2D eigenvalue weighted by Crippen LogP contribution is -2.26. The molecule has 3 aromatic rings. The minimum absolute atomic E-state index is 0.0205. The number of aromatic nitrogens is 3. The molecule has 0 radical (unpaired) electrons. The van der Waals surface area contributed by atoms with Gasteiger partial charge in [0.1, 0.15) is 5.82 Å². The number of amides is 1. The highest BCUT2D eigenvalue weighted by Gasteiger charge is 2.13. The van der Waals surface area contributed by atoms with Gasteiger partial charge in [0.2, 0.25) is 0 Å². The lowest BCUT2D eigenvalue weighted by Gasteiger charge is -2.15.